The summed E-state index contributed by atoms with van der Waals surface area (Å²) in [6.07, 6.45) is 0.900. The molecule has 0 amide bonds. The van der Waals surface area contributed by atoms with Gasteiger partial charge in [0.15, 0.2) is 0 Å². The van der Waals surface area contributed by atoms with E-state index in [-0.39, 0.29) is 12.0 Å². The smallest absolute Gasteiger partial charge is 0.243 e. The summed E-state index contributed by atoms with van der Waals surface area (Å²) in [5.41, 5.74) is 6.36. The molecule has 0 atom stereocenters. The van der Waals surface area contributed by atoms with Gasteiger partial charge in [-0.2, -0.15) is 4.31 Å². The number of sulfonamides is 1. The number of rotatable bonds is 3. The van der Waals surface area contributed by atoms with Crippen LogP contribution in [0.3, 0.4) is 0 Å². The molecule has 0 bridgehead atoms. The third-order valence-corrected chi connectivity index (χ3v) is 5.40. The van der Waals surface area contributed by atoms with E-state index in [1.165, 1.54) is 0 Å². The minimum Gasteiger partial charge on any atom is -0.326 e. The molecule has 18 heavy (non-hydrogen) atoms. The van der Waals surface area contributed by atoms with Gasteiger partial charge in [-0.05, 0) is 23.5 Å². The molecule has 4 nitrogen and oxygen atoms in total. The first-order chi connectivity index (χ1) is 8.37. The predicted molar refractivity (Wildman–Crippen MR) is 71.5 cm³/mol. The highest BCUT2D eigenvalue weighted by atomic mass is 32.2. The van der Waals surface area contributed by atoms with Gasteiger partial charge in [0.1, 0.15) is 0 Å². The molecule has 1 saturated heterocycles. The molecule has 1 aromatic carbocycles. The molecule has 1 aromatic rings. The lowest BCUT2D eigenvalue weighted by Gasteiger charge is -2.20. The molecule has 100 valence electrons. The molecule has 0 radical (unpaired) electrons. The zero-order chi connectivity index (χ0) is 13.4. The number of nitrogens with zero attached hydrogens (tertiary/aromatic N) is 1. The van der Waals surface area contributed by atoms with E-state index in [0.717, 1.165) is 6.42 Å². The van der Waals surface area contributed by atoms with Crippen LogP contribution in [0, 0.1) is 5.41 Å². The predicted octanol–water partition coefficient (Wildman–Crippen LogP) is 1.57. The van der Waals surface area contributed by atoms with Crippen LogP contribution in [0.5, 0.6) is 0 Å². The molecule has 1 aliphatic rings. The number of hydrogen-bond acceptors (Lipinski definition) is 3. The van der Waals surface area contributed by atoms with Gasteiger partial charge in [0.25, 0.3) is 0 Å². The van der Waals surface area contributed by atoms with E-state index in [1.54, 1.807) is 22.5 Å². The maximum absolute atomic E-state index is 12.6. The van der Waals surface area contributed by atoms with Crippen LogP contribution in [0.2, 0.25) is 0 Å². The fraction of sp³-hybridized carbons (Fsp3) is 0.538. The highest BCUT2D eigenvalue weighted by molar-refractivity contribution is 7.89. The average Bonchev–Trinajstić information content (AvgIpc) is 2.70. The van der Waals surface area contributed by atoms with E-state index in [4.69, 9.17) is 5.73 Å². The third-order valence-electron chi connectivity index (χ3n) is 3.45. The molecule has 1 fully saturated rings. The summed E-state index contributed by atoms with van der Waals surface area (Å²) in [6.45, 7) is 5.60. The Morgan fingerprint density at radius 3 is 2.56 bits per heavy atom. The Balaban J connectivity index is 2.38. The van der Waals surface area contributed by atoms with Crippen LogP contribution in [-0.2, 0) is 16.6 Å². The Morgan fingerprint density at radius 2 is 2.00 bits per heavy atom. The Hall–Kier alpha value is -0.910. The van der Waals surface area contributed by atoms with Gasteiger partial charge in [-0.1, -0.05) is 32.0 Å². The fourth-order valence-electron chi connectivity index (χ4n) is 2.33. The Morgan fingerprint density at radius 1 is 1.33 bits per heavy atom. The van der Waals surface area contributed by atoms with Crippen molar-refractivity contribution in [2.75, 3.05) is 13.1 Å². The van der Waals surface area contributed by atoms with Gasteiger partial charge in [-0.25, -0.2) is 8.42 Å². The van der Waals surface area contributed by atoms with Gasteiger partial charge in [-0.3, -0.25) is 0 Å². The molecule has 5 heteroatoms. The maximum atomic E-state index is 12.6. The molecule has 0 spiro atoms. The first kappa shape index (κ1) is 13.5. The van der Waals surface area contributed by atoms with Crippen LogP contribution in [0.15, 0.2) is 29.2 Å². The number of hydrogen-bond donors (Lipinski definition) is 1. The summed E-state index contributed by atoms with van der Waals surface area (Å²) in [6, 6.07) is 6.97. The van der Waals surface area contributed by atoms with E-state index in [2.05, 4.69) is 13.8 Å². The van der Waals surface area contributed by atoms with E-state index in [9.17, 15) is 8.42 Å². The highest BCUT2D eigenvalue weighted by Gasteiger charge is 2.37. The van der Waals surface area contributed by atoms with Crippen molar-refractivity contribution in [3.63, 3.8) is 0 Å². The van der Waals surface area contributed by atoms with Crippen LogP contribution in [0.1, 0.15) is 25.8 Å². The molecular weight excluding hydrogens is 248 g/mol. The minimum atomic E-state index is -3.40. The summed E-state index contributed by atoms with van der Waals surface area (Å²) in [5.74, 6) is 0. The summed E-state index contributed by atoms with van der Waals surface area (Å²) in [4.78, 5) is 0.352. The van der Waals surface area contributed by atoms with Gasteiger partial charge in [0.05, 0.1) is 4.90 Å². The van der Waals surface area contributed by atoms with Crippen molar-refractivity contribution in [1.82, 2.24) is 4.31 Å². The Labute approximate surface area is 109 Å². The molecule has 0 saturated carbocycles. The Bertz CT molecular complexity index is 538. The van der Waals surface area contributed by atoms with Crippen molar-refractivity contribution in [3.05, 3.63) is 29.8 Å². The van der Waals surface area contributed by atoms with Gasteiger partial charge < -0.3 is 5.73 Å². The highest BCUT2D eigenvalue weighted by Crippen LogP contribution is 2.33. The number of nitrogens with two attached hydrogens (primary N) is 1. The van der Waals surface area contributed by atoms with E-state index in [0.29, 0.717) is 23.5 Å². The lowest BCUT2D eigenvalue weighted by atomic mass is 9.93. The second-order valence-corrected chi connectivity index (χ2v) is 7.47. The zero-order valence-corrected chi connectivity index (χ0v) is 11.7. The van der Waals surface area contributed by atoms with Crippen molar-refractivity contribution in [2.45, 2.75) is 31.7 Å². The third kappa shape index (κ3) is 2.43. The first-order valence-electron chi connectivity index (χ1n) is 6.15. The molecule has 0 unspecified atom stereocenters. The van der Waals surface area contributed by atoms with Crippen LogP contribution in [-0.4, -0.2) is 25.8 Å². The van der Waals surface area contributed by atoms with E-state index >= 15 is 0 Å². The van der Waals surface area contributed by atoms with E-state index < -0.39 is 10.0 Å². The molecular formula is C13H20N2O2S. The van der Waals surface area contributed by atoms with Crippen molar-refractivity contribution in [2.24, 2.45) is 11.1 Å². The van der Waals surface area contributed by atoms with Gasteiger partial charge in [-0.15, -0.1) is 0 Å². The van der Waals surface area contributed by atoms with Crippen LogP contribution < -0.4 is 5.73 Å². The average molecular weight is 268 g/mol. The summed E-state index contributed by atoms with van der Waals surface area (Å²) >= 11 is 0. The zero-order valence-electron chi connectivity index (χ0n) is 10.9. The largest absolute Gasteiger partial charge is 0.326 e. The van der Waals surface area contributed by atoms with Crippen molar-refractivity contribution >= 4 is 10.0 Å². The molecule has 1 aliphatic heterocycles. The summed E-state index contributed by atoms with van der Waals surface area (Å²) < 4.78 is 26.7. The standard InChI is InChI=1S/C13H20N2O2S/c1-13(2)7-8-15(10-13)18(16,17)12-6-4-3-5-11(12)9-14/h3-6H,7-10,14H2,1-2H3. The van der Waals surface area contributed by atoms with Crippen molar-refractivity contribution in [3.8, 4) is 0 Å². The molecule has 2 rings (SSSR count). The SMILES string of the molecule is CC1(C)CCN(S(=O)(=O)c2ccccc2CN)C1. The van der Waals surface area contributed by atoms with Crippen LogP contribution in [0.4, 0.5) is 0 Å². The molecule has 0 aliphatic carbocycles. The monoisotopic (exact) mass is 268 g/mol. The van der Waals surface area contributed by atoms with Crippen molar-refractivity contribution < 1.29 is 8.42 Å². The van der Waals surface area contributed by atoms with Crippen molar-refractivity contribution in [1.29, 1.82) is 0 Å². The van der Waals surface area contributed by atoms with Crippen LogP contribution >= 0.6 is 0 Å². The quantitative estimate of drug-likeness (QED) is 0.905. The van der Waals surface area contributed by atoms with Crippen LogP contribution in [0.25, 0.3) is 0 Å². The lowest BCUT2D eigenvalue weighted by Crippen LogP contribution is -2.31. The summed E-state index contributed by atoms with van der Waals surface area (Å²) in [7, 11) is -3.40. The molecule has 0 aromatic heterocycles. The molecule has 2 N–H and O–H groups in total. The minimum absolute atomic E-state index is 0.0602. The maximum Gasteiger partial charge on any atom is 0.243 e. The topological polar surface area (TPSA) is 63.4 Å². The van der Waals surface area contributed by atoms with Gasteiger partial charge in [0.2, 0.25) is 10.0 Å². The second kappa shape index (κ2) is 4.64. The van der Waals surface area contributed by atoms with E-state index in [1.807, 2.05) is 6.07 Å². The Kier molecular flexibility index (Phi) is 3.49. The second-order valence-electron chi connectivity index (χ2n) is 5.56. The van der Waals surface area contributed by atoms with Gasteiger partial charge >= 0.3 is 0 Å². The normalized spacial score (nSPS) is 20.2. The lowest BCUT2D eigenvalue weighted by molar-refractivity contribution is 0.375. The molecule has 1 heterocycles. The fourth-order valence-corrected chi connectivity index (χ4v) is 4.19. The number of benzene rings is 1. The first-order valence-corrected chi connectivity index (χ1v) is 7.59. The summed E-state index contributed by atoms with van der Waals surface area (Å²) in [5, 5.41) is 0. The van der Waals surface area contributed by atoms with Gasteiger partial charge in [0, 0.05) is 19.6 Å².